The molecule has 1 atom stereocenters. The Morgan fingerprint density at radius 1 is 1.03 bits per heavy atom. The fourth-order valence-corrected chi connectivity index (χ4v) is 4.90. The maximum Gasteiger partial charge on any atom is 0.192 e. The van der Waals surface area contributed by atoms with Crippen molar-refractivity contribution < 1.29 is 9.18 Å². The van der Waals surface area contributed by atoms with Crippen molar-refractivity contribution in [3.05, 3.63) is 66.0 Å². The molecule has 0 amide bonds. The van der Waals surface area contributed by atoms with Crippen LogP contribution in [0, 0.1) is 5.82 Å². The summed E-state index contributed by atoms with van der Waals surface area (Å²) in [5.74, 6) is 0.306. The molecule has 6 heteroatoms. The molecule has 150 valence electrons. The molecule has 0 saturated heterocycles. The summed E-state index contributed by atoms with van der Waals surface area (Å²) in [4.78, 5) is 12.8. The molecule has 3 aromatic rings. The predicted molar refractivity (Wildman–Crippen MR) is 114 cm³/mol. The number of hydrogen-bond acceptors (Lipinski definition) is 4. The minimum Gasteiger partial charge on any atom is -0.299 e. The summed E-state index contributed by atoms with van der Waals surface area (Å²) in [6.45, 7) is 1.89. The van der Waals surface area contributed by atoms with Crippen molar-refractivity contribution in [3.63, 3.8) is 0 Å². The number of Topliss-reactive ketones (excluding diaryl/α,β-unsaturated/α-hetero) is 1. The number of benzene rings is 2. The van der Waals surface area contributed by atoms with Gasteiger partial charge in [-0.3, -0.25) is 9.36 Å². The number of rotatable bonds is 6. The summed E-state index contributed by atoms with van der Waals surface area (Å²) >= 11 is 1.41. The smallest absolute Gasteiger partial charge is 0.192 e. The van der Waals surface area contributed by atoms with E-state index in [1.54, 1.807) is 12.1 Å². The van der Waals surface area contributed by atoms with E-state index >= 15 is 0 Å². The van der Waals surface area contributed by atoms with Gasteiger partial charge in [-0.1, -0.05) is 73.5 Å². The van der Waals surface area contributed by atoms with E-state index < -0.39 is 0 Å². The van der Waals surface area contributed by atoms with Gasteiger partial charge >= 0.3 is 0 Å². The molecular weight excluding hydrogens is 385 g/mol. The van der Waals surface area contributed by atoms with Crippen molar-refractivity contribution in [1.82, 2.24) is 14.8 Å². The monoisotopic (exact) mass is 409 g/mol. The molecule has 1 aliphatic rings. The molecule has 2 aromatic carbocycles. The topological polar surface area (TPSA) is 47.8 Å². The van der Waals surface area contributed by atoms with Crippen molar-refractivity contribution in [2.45, 2.75) is 55.5 Å². The Kier molecular flexibility index (Phi) is 6.09. The molecule has 4 nitrogen and oxygen atoms in total. The molecular formula is C23H24FN3OS. The quantitative estimate of drug-likeness (QED) is 0.373. The van der Waals surface area contributed by atoms with Gasteiger partial charge in [-0.05, 0) is 31.9 Å². The lowest BCUT2D eigenvalue weighted by molar-refractivity contribution is 0.0993. The van der Waals surface area contributed by atoms with Gasteiger partial charge in [-0.15, -0.1) is 10.2 Å². The second-order valence-corrected chi connectivity index (χ2v) is 8.75. The van der Waals surface area contributed by atoms with Crippen molar-refractivity contribution in [2.75, 3.05) is 0 Å². The maximum atomic E-state index is 14.5. The lowest BCUT2D eigenvalue weighted by Gasteiger charge is -2.26. The van der Waals surface area contributed by atoms with Gasteiger partial charge in [-0.2, -0.15) is 0 Å². The highest BCUT2D eigenvalue weighted by Gasteiger charge is 2.27. The van der Waals surface area contributed by atoms with E-state index in [9.17, 15) is 9.18 Å². The first-order chi connectivity index (χ1) is 14.1. The first-order valence-electron chi connectivity index (χ1n) is 10.1. The van der Waals surface area contributed by atoms with Crippen LogP contribution >= 0.6 is 11.8 Å². The minimum absolute atomic E-state index is 0.0567. The molecule has 1 heterocycles. The minimum atomic E-state index is -0.308. The lowest BCUT2D eigenvalue weighted by atomic mass is 9.95. The van der Waals surface area contributed by atoms with Gasteiger partial charge in [0, 0.05) is 11.6 Å². The summed E-state index contributed by atoms with van der Waals surface area (Å²) in [6.07, 6.45) is 5.55. The van der Waals surface area contributed by atoms with Gasteiger partial charge in [0.1, 0.15) is 5.82 Å². The Hall–Kier alpha value is -2.47. The predicted octanol–water partition coefficient (Wildman–Crippen LogP) is 5.95. The van der Waals surface area contributed by atoms with Crippen molar-refractivity contribution in [3.8, 4) is 11.4 Å². The number of carbonyl (C=O) groups excluding carboxylic acids is 1. The Labute approximate surface area is 174 Å². The molecule has 0 bridgehead atoms. The highest BCUT2D eigenvalue weighted by molar-refractivity contribution is 8.00. The number of nitrogens with zero attached hydrogens (tertiary/aromatic N) is 3. The number of thioether (sulfide) groups is 1. The molecule has 4 rings (SSSR count). The number of halogens is 1. The molecule has 0 spiro atoms. The van der Waals surface area contributed by atoms with E-state index in [-0.39, 0.29) is 22.9 Å². The lowest BCUT2D eigenvalue weighted by Crippen LogP contribution is -2.18. The zero-order valence-electron chi connectivity index (χ0n) is 16.4. The van der Waals surface area contributed by atoms with Crippen LogP contribution in [0.2, 0.25) is 0 Å². The molecule has 1 fully saturated rings. The molecule has 1 unspecified atom stereocenters. The van der Waals surface area contributed by atoms with Crippen molar-refractivity contribution >= 4 is 17.5 Å². The van der Waals surface area contributed by atoms with E-state index in [4.69, 9.17) is 0 Å². The molecule has 29 heavy (non-hydrogen) atoms. The summed E-state index contributed by atoms with van der Waals surface area (Å²) in [5.41, 5.74) is 1.14. The third-order valence-corrected chi connectivity index (χ3v) is 6.49. The summed E-state index contributed by atoms with van der Waals surface area (Å²) in [5, 5.41) is 9.11. The van der Waals surface area contributed by atoms with E-state index in [0.717, 1.165) is 25.7 Å². The van der Waals surface area contributed by atoms with Crippen LogP contribution in [0.5, 0.6) is 0 Å². The summed E-state index contributed by atoms with van der Waals surface area (Å²) in [6, 6.07) is 16.2. The van der Waals surface area contributed by atoms with Crippen LogP contribution in [0.1, 0.15) is 55.4 Å². The van der Waals surface area contributed by atoms with Gasteiger partial charge in [0.25, 0.3) is 0 Å². The van der Waals surface area contributed by atoms with Crippen LogP contribution in [-0.4, -0.2) is 25.8 Å². The Morgan fingerprint density at radius 2 is 1.72 bits per heavy atom. The highest BCUT2D eigenvalue weighted by Crippen LogP contribution is 2.37. The first kappa shape index (κ1) is 19.8. The standard InChI is InChI=1S/C23H24FN3OS/c1-16(21(28)17-10-4-2-5-11-17)29-23-26-25-22(19-14-8-9-15-20(19)24)27(23)18-12-6-3-7-13-18/h2,4-5,8-11,14-16,18H,3,6-7,12-13H2,1H3. The number of aromatic nitrogens is 3. The van der Waals surface area contributed by atoms with Gasteiger partial charge in [0.05, 0.1) is 10.8 Å². The Morgan fingerprint density at radius 3 is 2.45 bits per heavy atom. The van der Waals surface area contributed by atoms with Crippen LogP contribution in [0.3, 0.4) is 0 Å². The van der Waals surface area contributed by atoms with Crippen LogP contribution in [0.4, 0.5) is 4.39 Å². The normalized spacial score (nSPS) is 15.9. The van der Waals surface area contributed by atoms with Crippen molar-refractivity contribution in [2.24, 2.45) is 0 Å². The molecule has 1 aliphatic carbocycles. The van der Waals surface area contributed by atoms with E-state index in [2.05, 4.69) is 14.8 Å². The van der Waals surface area contributed by atoms with Gasteiger partial charge in [-0.25, -0.2) is 4.39 Å². The largest absolute Gasteiger partial charge is 0.299 e. The molecule has 0 aliphatic heterocycles. The fourth-order valence-electron chi connectivity index (χ4n) is 3.90. The highest BCUT2D eigenvalue weighted by atomic mass is 32.2. The average Bonchev–Trinajstić information content (AvgIpc) is 3.18. The maximum absolute atomic E-state index is 14.5. The molecule has 1 saturated carbocycles. The Balaban J connectivity index is 1.68. The van der Waals surface area contributed by atoms with Crippen molar-refractivity contribution in [1.29, 1.82) is 0 Å². The third-order valence-electron chi connectivity index (χ3n) is 5.43. The molecule has 1 aromatic heterocycles. The number of carbonyl (C=O) groups is 1. The zero-order valence-corrected chi connectivity index (χ0v) is 17.2. The zero-order chi connectivity index (χ0) is 20.2. The average molecular weight is 410 g/mol. The summed E-state index contributed by atoms with van der Waals surface area (Å²) in [7, 11) is 0. The van der Waals surface area contributed by atoms with Gasteiger partial charge in [0.2, 0.25) is 0 Å². The van der Waals surface area contributed by atoms with Gasteiger partial charge in [0.15, 0.2) is 16.8 Å². The number of hydrogen-bond donors (Lipinski definition) is 0. The van der Waals surface area contributed by atoms with Crippen LogP contribution in [0.25, 0.3) is 11.4 Å². The molecule has 0 radical (unpaired) electrons. The summed E-state index contributed by atoms with van der Waals surface area (Å²) < 4.78 is 16.6. The van der Waals surface area contributed by atoms with E-state index in [0.29, 0.717) is 22.1 Å². The van der Waals surface area contributed by atoms with Crippen LogP contribution in [0.15, 0.2) is 59.8 Å². The van der Waals surface area contributed by atoms with E-state index in [1.165, 1.54) is 24.2 Å². The van der Waals surface area contributed by atoms with Crippen LogP contribution < -0.4 is 0 Å². The third kappa shape index (κ3) is 4.27. The second kappa shape index (κ2) is 8.91. The van der Waals surface area contributed by atoms with E-state index in [1.807, 2.05) is 43.3 Å². The first-order valence-corrected chi connectivity index (χ1v) is 11.0. The molecule has 0 N–H and O–H groups in total. The SMILES string of the molecule is CC(Sc1nnc(-c2ccccc2F)n1C1CCCCC1)C(=O)c1ccccc1. The number of ketones is 1. The van der Waals surface area contributed by atoms with Gasteiger partial charge < -0.3 is 0 Å². The van der Waals surface area contributed by atoms with Crippen LogP contribution in [-0.2, 0) is 0 Å². The second-order valence-electron chi connectivity index (χ2n) is 7.44. The Bertz CT molecular complexity index is 983. The fraction of sp³-hybridized carbons (Fsp3) is 0.348.